The Hall–Kier alpha value is -1.07. The first-order chi connectivity index (χ1) is 7.42. The SMILES string of the molecule is CC/N=C(\Cl)c1ccc(NS(C)(=O)=O)cc1. The van der Waals surface area contributed by atoms with Gasteiger partial charge in [-0.2, -0.15) is 0 Å². The zero-order valence-electron chi connectivity index (χ0n) is 9.07. The third-order valence-corrected chi connectivity index (χ3v) is 2.67. The number of hydrogen-bond donors (Lipinski definition) is 1. The highest BCUT2D eigenvalue weighted by Gasteiger charge is 2.03. The Morgan fingerprint density at radius 3 is 2.38 bits per heavy atom. The van der Waals surface area contributed by atoms with Crippen LogP contribution in [0.3, 0.4) is 0 Å². The second-order valence-corrected chi connectivity index (χ2v) is 5.32. The lowest BCUT2D eigenvalue weighted by atomic mass is 10.2. The summed E-state index contributed by atoms with van der Waals surface area (Å²) in [5, 5.41) is 0.424. The first kappa shape index (κ1) is 13.0. The van der Waals surface area contributed by atoms with Gasteiger partial charge in [0.2, 0.25) is 10.0 Å². The number of aliphatic imine (C=N–C) groups is 1. The van der Waals surface area contributed by atoms with Gasteiger partial charge in [-0.15, -0.1) is 0 Å². The third kappa shape index (κ3) is 4.20. The molecule has 16 heavy (non-hydrogen) atoms. The lowest BCUT2D eigenvalue weighted by molar-refractivity contribution is 0.607. The van der Waals surface area contributed by atoms with Crippen molar-refractivity contribution in [2.45, 2.75) is 6.92 Å². The molecule has 0 amide bonds. The standard InChI is InChI=1S/C10H13ClN2O2S/c1-3-12-10(11)8-4-6-9(7-5-8)13-16(2,14)15/h4-7,13H,3H2,1-2H3/b12-10-. The van der Waals surface area contributed by atoms with Gasteiger partial charge in [0.25, 0.3) is 0 Å². The summed E-state index contributed by atoms with van der Waals surface area (Å²) in [4.78, 5) is 4.04. The molecule has 0 atom stereocenters. The molecule has 1 rings (SSSR count). The van der Waals surface area contributed by atoms with Crippen molar-refractivity contribution in [2.75, 3.05) is 17.5 Å². The number of rotatable bonds is 4. The normalized spacial score (nSPS) is 12.6. The molecule has 0 unspecified atom stereocenters. The highest BCUT2D eigenvalue weighted by Crippen LogP contribution is 2.13. The van der Waals surface area contributed by atoms with E-state index in [1.54, 1.807) is 24.3 Å². The molecule has 0 aliphatic rings. The number of nitrogens with zero attached hydrogens (tertiary/aromatic N) is 1. The Labute approximate surface area is 100 Å². The molecule has 88 valence electrons. The molecular formula is C10H13ClN2O2S. The van der Waals surface area contributed by atoms with Crippen molar-refractivity contribution in [3.63, 3.8) is 0 Å². The minimum Gasteiger partial charge on any atom is -0.284 e. The maximum absolute atomic E-state index is 11.0. The van der Waals surface area contributed by atoms with Crippen molar-refractivity contribution in [1.82, 2.24) is 0 Å². The van der Waals surface area contributed by atoms with Gasteiger partial charge in [-0.1, -0.05) is 11.6 Å². The number of halogens is 1. The van der Waals surface area contributed by atoms with E-state index < -0.39 is 10.0 Å². The number of benzene rings is 1. The molecule has 0 bridgehead atoms. The average Bonchev–Trinajstić information content (AvgIpc) is 2.16. The predicted molar refractivity (Wildman–Crippen MR) is 67.8 cm³/mol. The van der Waals surface area contributed by atoms with E-state index in [-0.39, 0.29) is 0 Å². The lowest BCUT2D eigenvalue weighted by Gasteiger charge is -2.04. The maximum atomic E-state index is 11.0. The fraction of sp³-hybridized carbons (Fsp3) is 0.300. The maximum Gasteiger partial charge on any atom is 0.229 e. The molecule has 0 saturated carbocycles. The van der Waals surface area contributed by atoms with Crippen molar-refractivity contribution in [3.8, 4) is 0 Å². The van der Waals surface area contributed by atoms with Gasteiger partial charge in [-0.05, 0) is 31.2 Å². The summed E-state index contributed by atoms with van der Waals surface area (Å²) in [5.74, 6) is 0. The molecule has 0 aliphatic carbocycles. The van der Waals surface area contributed by atoms with Crippen molar-refractivity contribution >= 4 is 32.5 Å². The van der Waals surface area contributed by atoms with Crippen LogP contribution in [-0.4, -0.2) is 26.4 Å². The Bertz CT molecular complexity index is 480. The summed E-state index contributed by atoms with van der Waals surface area (Å²) in [7, 11) is -3.23. The average molecular weight is 261 g/mol. The van der Waals surface area contributed by atoms with Crippen LogP contribution in [0.25, 0.3) is 0 Å². The molecule has 0 aromatic heterocycles. The Morgan fingerprint density at radius 2 is 1.94 bits per heavy atom. The fourth-order valence-corrected chi connectivity index (χ4v) is 1.93. The van der Waals surface area contributed by atoms with Crippen LogP contribution < -0.4 is 4.72 Å². The van der Waals surface area contributed by atoms with Crippen LogP contribution in [0.1, 0.15) is 12.5 Å². The van der Waals surface area contributed by atoms with E-state index in [4.69, 9.17) is 11.6 Å². The number of sulfonamides is 1. The second-order valence-electron chi connectivity index (χ2n) is 3.22. The molecule has 1 N–H and O–H groups in total. The highest BCUT2D eigenvalue weighted by atomic mass is 35.5. The fourth-order valence-electron chi connectivity index (χ4n) is 1.12. The highest BCUT2D eigenvalue weighted by molar-refractivity contribution is 7.92. The van der Waals surface area contributed by atoms with Gasteiger partial charge in [0, 0.05) is 17.8 Å². The molecule has 0 fully saturated rings. The molecule has 4 nitrogen and oxygen atoms in total. The van der Waals surface area contributed by atoms with E-state index in [1.165, 1.54) is 0 Å². The monoisotopic (exact) mass is 260 g/mol. The van der Waals surface area contributed by atoms with E-state index in [9.17, 15) is 8.42 Å². The summed E-state index contributed by atoms with van der Waals surface area (Å²) in [6.45, 7) is 2.50. The molecule has 0 radical (unpaired) electrons. The zero-order chi connectivity index (χ0) is 12.2. The summed E-state index contributed by atoms with van der Waals surface area (Å²) in [5.41, 5.74) is 1.27. The van der Waals surface area contributed by atoms with Gasteiger partial charge in [0.05, 0.1) is 6.26 Å². The molecule has 1 aromatic rings. The molecule has 0 saturated heterocycles. The number of nitrogens with one attached hydrogen (secondary N) is 1. The van der Waals surface area contributed by atoms with E-state index in [0.29, 0.717) is 17.4 Å². The molecule has 1 aromatic carbocycles. The van der Waals surface area contributed by atoms with Gasteiger partial charge < -0.3 is 0 Å². The van der Waals surface area contributed by atoms with E-state index >= 15 is 0 Å². The molecule has 6 heteroatoms. The van der Waals surface area contributed by atoms with Gasteiger partial charge in [-0.3, -0.25) is 9.71 Å². The predicted octanol–water partition coefficient (Wildman–Crippen LogP) is 2.06. The van der Waals surface area contributed by atoms with Crippen LogP contribution in [-0.2, 0) is 10.0 Å². The van der Waals surface area contributed by atoms with E-state index in [1.807, 2.05) is 6.92 Å². The smallest absolute Gasteiger partial charge is 0.229 e. The largest absolute Gasteiger partial charge is 0.284 e. The van der Waals surface area contributed by atoms with Gasteiger partial charge in [-0.25, -0.2) is 8.42 Å². The van der Waals surface area contributed by atoms with Crippen molar-refractivity contribution in [1.29, 1.82) is 0 Å². The van der Waals surface area contributed by atoms with Gasteiger partial charge in [0.1, 0.15) is 5.17 Å². The Balaban J connectivity index is 2.88. The van der Waals surface area contributed by atoms with Crippen LogP contribution in [0.15, 0.2) is 29.3 Å². The lowest BCUT2D eigenvalue weighted by Crippen LogP contribution is -2.09. The Morgan fingerprint density at radius 1 is 1.38 bits per heavy atom. The van der Waals surface area contributed by atoms with Crippen LogP contribution in [0, 0.1) is 0 Å². The minimum atomic E-state index is -3.23. The summed E-state index contributed by atoms with van der Waals surface area (Å²) in [6, 6.07) is 6.72. The molecule has 0 spiro atoms. The minimum absolute atomic E-state index is 0.424. The topological polar surface area (TPSA) is 58.5 Å². The third-order valence-electron chi connectivity index (χ3n) is 1.72. The first-order valence-electron chi connectivity index (χ1n) is 4.70. The summed E-state index contributed by atoms with van der Waals surface area (Å²) >= 11 is 5.90. The Kier molecular flexibility index (Phi) is 4.32. The first-order valence-corrected chi connectivity index (χ1v) is 6.97. The second kappa shape index (κ2) is 5.32. The van der Waals surface area contributed by atoms with Crippen molar-refractivity contribution < 1.29 is 8.42 Å². The number of anilines is 1. The van der Waals surface area contributed by atoms with Crippen LogP contribution in [0.4, 0.5) is 5.69 Å². The van der Waals surface area contributed by atoms with Crippen LogP contribution >= 0.6 is 11.6 Å². The molecular weight excluding hydrogens is 248 g/mol. The van der Waals surface area contributed by atoms with E-state index in [0.717, 1.165) is 11.8 Å². The van der Waals surface area contributed by atoms with Crippen LogP contribution in [0.5, 0.6) is 0 Å². The van der Waals surface area contributed by atoms with Gasteiger partial charge in [0.15, 0.2) is 0 Å². The van der Waals surface area contributed by atoms with Crippen molar-refractivity contribution in [2.24, 2.45) is 4.99 Å². The van der Waals surface area contributed by atoms with E-state index in [2.05, 4.69) is 9.71 Å². The summed E-state index contributed by atoms with van der Waals surface area (Å²) in [6.07, 6.45) is 1.10. The van der Waals surface area contributed by atoms with Crippen LogP contribution in [0.2, 0.25) is 0 Å². The summed E-state index contributed by atoms with van der Waals surface area (Å²) < 4.78 is 24.3. The molecule has 0 heterocycles. The number of hydrogen-bond acceptors (Lipinski definition) is 3. The quantitative estimate of drug-likeness (QED) is 0.843. The van der Waals surface area contributed by atoms with Gasteiger partial charge >= 0.3 is 0 Å². The molecule has 0 aliphatic heterocycles. The van der Waals surface area contributed by atoms with Crippen molar-refractivity contribution in [3.05, 3.63) is 29.8 Å². The zero-order valence-corrected chi connectivity index (χ0v) is 10.6.